The summed E-state index contributed by atoms with van der Waals surface area (Å²) in [6, 6.07) is 0. The highest BCUT2D eigenvalue weighted by Gasteiger charge is 1.87. The number of amides is 2. The molecule has 0 aromatic rings. The lowest BCUT2D eigenvalue weighted by atomic mass is 10.6. The van der Waals surface area contributed by atoms with Crippen molar-refractivity contribution in [1.29, 1.82) is 0 Å². The zero-order valence-corrected chi connectivity index (χ0v) is 9.20. The lowest BCUT2D eigenvalue weighted by Gasteiger charge is -2.08. The zero-order chi connectivity index (χ0) is 10.9. The molecular formula is C9H20N2O2. The van der Waals surface area contributed by atoms with Gasteiger partial charge in [0.05, 0.1) is 0 Å². The van der Waals surface area contributed by atoms with E-state index in [9.17, 15) is 9.59 Å². The number of hydrogen-bond acceptors (Lipinski definition) is 2. The Bertz CT molecular complexity index is 143. The van der Waals surface area contributed by atoms with E-state index in [4.69, 9.17) is 0 Å². The van der Waals surface area contributed by atoms with Gasteiger partial charge in [-0.25, -0.2) is 0 Å². The van der Waals surface area contributed by atoms with Crippen molar-refractivity contribution in [2.75, 3.05) is 27.2 Å². The van der Waals surface area contributed by atoms with Crippen LogP contribution in [0.2, 0.25) is 0 Å². The predicted molar refractivity (Wildman–Crippen MR) is 53.4 cm³/mol. The van der Waals surface area contributed by atoms with Crippen LogP contribution in [-0.4, -0.2) is 49.3 Å². The number of rotatable bonds is 3. The lowest BCUT2D eigenvalue weighted by molar-refractivity contribution is -0.126. The minimum absolute atomic E-state index is 0.0926. The molecule has 0 spiro atoms. The second-order valence-electron chi connectivity index (χ2n) is 2.74. The Morgan fingerprint density at radius 3 is 1.54 bits per heavy atom. The molecule has 78 valence electrons. The Morgan fingerprint density at radius 2 is 1.54 bits per heavy atom. The van der Waals surface area contributed by atoms with E-state index >= 15 is 0 Å². The van der Waals surface area contributed by atoms with Gasteiger partial charge in [0.2, 0.25) is 12.3 Å². The summed E-state index contributed by atoms with van der Waals surface area (Å²) in [7, 11) is 3.45. The topological polar surface area (TPSA) is 40.6 Å². The Labute approximate surface area is 80.5 Å². The van der Waals surface area contributed by atoms with Crippen LogP contribution in [0.3, 0.4) is 0 Å². The summed E-state index contributed by atoms with van der Waals surface area (Å²) in [6.07, 6.45) is 0.861. The molecule has 0 aliphatic carbocycles. The molecule has 0 aliphatic heterocycles. The normalized spacial score (nSPS) is 8.08. The van der Waals surface area contributed by atoms with Crippen molar-refractivity contribution < 1.29 is 9.59 Å². The van der Waals surface area contributed by atoms with Gasteiger partial charge in [-0.15, -0.1) is 0 Å². The summed E-state index contributed by atoms with van der Waals surface area (Å²) in [4.78, 5) is 23.2. The molecule has 2 amide bonds. The lowest BCUT2D eigenvalue weighted by Crippen LogP contribution is -2.19. The highest BCUT2D eigenvalue weighted by Crippen LogP contribution is 1.75. The molecule has 0 aliphatic rings. The van der Waals surface area contributed by atoms with Gasteiger partial charge in [0.15, 0.2) is 0 Å². The van der Waals surface area contributed by atoms with Crippen molar-refractivity contribution >= 4 is 12.3 Å². The molecule has 0 rings (SSSR count). The van der Waals surface area contributed by atoms with E-state index in [0.717, 1.165) is 19.5 Å². The predicted octanol–water partition coefficient (Wildman–Crippen LogP) is 0.579. The SMILES string of the molecule is CC(=O)N(C)C.CCN(C=O)CC. The maximum absolute atomic E-state index is 10.1. The molecule has 0 fully saturated rings. The molecule has 0 unspecified atom stereocenters. The first-order valence-corrected chi connectivity index (χ1v) is 4.36. The summed E-state index contributed by atoms with van der Waals surface area (Å²) >= 11 is 0. The molecule has 0 saturated carbocycles. The smallest absolute Gasteiger partial charge is 0.218 e. The van der Waals surface area contributed by atoms with Gasteiger partial charge in [-0.1, -0.05) is 0 Å². The van der Waals surface area contributed by atoms with Crippen LogP contribution >= 0.6 is 0 Å². The second-order valence-corrected chi connectivity index (χ2v) is 2.74. The quantitative estimate of drug-likeness (QED) is 0.608. The number of carbonyl (C=O) groups excluding carboxylic acids is 2. The minimum atomic E-state index is 0.0926. The fourth-order valence-corrected chi connectivity index (χ4v) is 0.373. The third-order valence-electron chi connectivity index (χ3n) is 1.59. The highest BCUT2D eigenvalue weighted by atomic mass is 16.2. The maximum Gasteiger partial charge on any atom is 0.218 e. The van der Waals surface area contributed by atoms with E-state index in [1.165, 1.54) is 11.8 Å². The Morgan fingerprint density at radius 1 is 1.23 bits per heavy atom. The highest BCUT2D eigenvalue weighted by molar-refractivity contribution is 5.72. The van der Waals surface area contributed by atoms with E-state index in [-0.39, 0.29) is 5.91 Å². The molecule has 0 N–H and O–H groups in total. The monoisotopic (exact) mass is 188 g/mol. The van der Waals surface area contributed by atoms with Crippen LogP contribution in [0, 0.1) is 0 Å². The molecule has 0 bridgehead atoms. The van der Waals surface area contributed by atoms with E-state index in [1.54, 1.807) is 19.0 Å². The zero-order valence-electron chi connectivity index (χ0n) is 9.20. The molecule has 0 aromatic carbocycles. The van der Waals surface area contributed by atoms with Gasteiger partial charge < -0.3 is 9.80 Å². The van der Waals surface area contributed by atoms with Crippen LogP contribution in [0.25, 0.3) is 0 Å². The maximum atomic E-state index is 10.1. The number of carbonyl (C=O) groups is 2. The molecule has 0 heterocycles. The van der Waals surface area contributed by atoms with E-state index in [1.807, 2.05) is 13.8 Å². The molecule has 4 heteroatoms. The van der Waals surface area contributed by atoms with Crippen molar-refractivity contribution in [1.82, 2.24) is 9.80 Å². The largest absolute Gasteiger partial charge is 0.349 e. The van der Waals surface area contributed by atoms with Crippen molar-refractivity contribution in [2.24, 2.45) is 0 Å². The fourth-order valence-electron chi connectivity index (χ4n) is 0.373. The first-order chi connectivity index (χ1) is 5.99. The summed E-state index contributed by atoms with van der Waals surface area (Å²) in [5.41, 5.74) is 0. The second kappa shape index (κ2) is 9.03. The van der Waals surface area contributed by atoms with Crippen LogP contribution in [-0.2, 0) is 9.59 Å². The summed E-state index contributed by atoms with van der Waals surface area (Å²) in [5.74, 6) is 0.0926. The number of hydrogen-bond donors (Lipinski definition) is 0. The van der Waals surface area contributed by atoms with Crippen LogP contribution in [0.5, 0.6) is 0 Å². The Kier molecular flexibility index (Phi) is 10.0. The third kappa shape index (κ3) is 10.9. The van der Waals surface area contributed by atoms with Crippen LogP contribution in [0.1, 0.15) is 20.8 Å². The molecule has 0 radical (unpaired) electrons. The van der Waals surface area contributed by atoms with Gasteiger partial charge in [0.25, 0.3) is 0 Å². The average Bonchev–Trinajstić information content (AvgIpc) is 2.08. The van der Waals surface area contributed by atoms with Crippen LogP contribution in [0.4, 0.5) is 0 Å². The molecular weight excluding hydrogens is 168 g/mol. The van der Waals surface area contributed by atoms with Crippen molar-refractivity contribution in [3.05, 3.63) is 0 Å². The summed E-state index contributed by atoms with van der Waals surface area (Å²) < 4.78 is 0. The molecule has 13 heavy (non-hydrogen) atoms. The fraction of sp³-hybridized carbons (Fsp3) is 0.778. The van der Waals surface area contributed by atoms with Crippen molar-refractivity contribution in [3.63, 3.8) is 0 Å². The standard InChI is InChI=1S/C5H11NO.C4H9NO/c1-3-6(4-2)5-7;1-4(6)5(2)3/h5H,3-4H2,1-2H3;1-3H3. The van der Waals surface area contributed by atoms with Gasteiger partial charge >= 0.3 is 0 Å². The van der Waals surface area contributed by atoms with E-state index < -0.39 is 0 Å². The Balaban J connectivity index is 0. The van der Waals surface area contributed by atoms with Crippen molar-refractivity contribution in [3.8, 4) is 0 Å². The Hall–Kier alpha value is -1.06. The summed E-state index contributed by atoms with van der Waals surface area (Å²) in [5, 5.41) is 0. The van der Waals surface area contributed by atoms with E-state index in [0.29, 0.717) is 0 Å². The van der Waals surface area contributed by atoms with Crippen molar-refractivity contribution in [2.45, 2.75) is 20.8 Å². The van der Waals surface area contributed by atoms with Gasteiger partial charge in [-0.05, 0) is 13.8 Å². The molecule has 0 atom stereocenters. The van der Waals surface area contributed by atoms with Crippen LogP contribution < -0.4 is 0 Å². The van der Waals surface area contributed by atoms with Gasteiger partial charge in [0.1, 0.15) is 0 Å². The van der Waals surface area contributed by atoms with Gasteiger partial charge in [-0.3, -0.25) is 9.59 Å². The average molecular weight is 188 g/mol. The first-order valence-electron chi connectivity index (χ1n) is 4.36. The molecule has 0 saturated heterocycles. The minimum Gasteiger partial charge on any atom is -0.349 e. The van der Waals surface area contributed by atoms with Gasteiger partial charge in [0, 0.05) is 34.1 Å². The third-order valence-corrected chi connectivity index (χ3v) is 1.59. The molecule has 4 nitrogen and oxygen atoms in total. The summed E-state index contributed by atoms with van der Waals surface area (Å²) in [6.45, 7) is 7.08. The van der Waals surface area contributed by atoms with E-state index in [2.05, 4.69) is 0 Å². The molecule has 0 aromatic heterocycles. The van der Waals surface area contributed by atoms with Gasteiger partial charge in [-0.2, -0.15) is 0 Å². The first kappa shape index (κ1) is 14.5. The number of nitrogens with zero attached hydrogens (tertiary/aromatic N) is 2. The van der Waals surface area contributed by atoms with Crippen LogP contribution in [0.15, 0.2) is 0 Å².